The molecule has 1 aromatic heterocycles. The number of aromatic amines is 1. The zero-order valence-electron chi connectivity index (χ0n) is 7.69. The van der Waals surface area contributed by atoms with Crippen LogP contribution in [0.15, 0.2) is 16.6 Å². The largest absolute Gasteiger partial charge is 0.342 e. The molecule has 0 unspecified atom stereocenters. The van der Waals surface area contributed by atoms with Crippen molar-refractivity contribution in [3.05, 3.63) is 28.0 Å². The van der Waals surface area contributed by atoms with Crippen molar-refractivity contribution in [3.63, 3.8) is 0 Å². The first-order valence-corrected chi connectivity index (χ1v) is 5.14. The van der Waals surface area contributed by atoms with Gasteiger partial charge >= 0.3 is 0 Å². The Kier molecular flexibility index (Phi) is 2.12. The highest BCUT2D eigenvalue weighted by Gasteiger charge is 2.03. The summed E-state index contributed by atoms with van der Waals surface area (Å²) < 4.78 is 1.12. The quantitative estimate of drug-likeness (QED) is 0.813. The van der Waals surface area contributed by atoms with Gasteiger partial charge in [-0.3, -0.25) is 0 Å². The van der Waals surface area contributed by atoms with Gasteiger partial charge < -0.3 is 4.98 Å². The van der Waals surface area contributed by atoms with E-state index in [0.29, 0.717) is 0 Å². The molecule has 13 heavy (non-hydrogen) atoms. The van der Waals surface area contributed by atoms with Crippen LogP contribution in [0.4, 0.5) is 0 Å². The van der Waals surface area contributed by atoms with Crippen LogP contribution in [0.5, 0.6) is 0 Å². The molecular formula is C10H11BrN2. The van der Waals surface area contributed by atoms with Gasteiger partial charge in [-0.05, 0) is 24.6 Å². The molecule has 1 N–H and O–H groups in total. The van der Waals surface area contributed by atoms with E-state index in [1.165, 1.54) is 5.56 Å². The molecule has 0 aliphatic rings. The number of hydrogen-bond donors (Lipinski definition) is 1. The second-order valence-corrected chi connectivity index (χ2v) is 4.01. The fraction of sp³-hybridized carbons (Fsp3) is 0.300. The number of halogens is 1. The number of imidazole rings is 1. The molecule has 0 aliphatic carbocycles. The topological polar surface area (TPSA) is 28.7 Å². The van der Waals surface area contributed by atoms with Gasteiger partial charge in [-0.25, -0.2) is 4.98 Å². The Morgan fingerprint density at radius 2 is 2.23 bits per heavy atom. The molecule has 68 valence electrons. The lowest BCUT2D eigenvalue weighted by Gasteiger charge is -1.95. The molecule has 1 aromatic carbocycles. The van der Waals surface area contributed by atoms with Crippen molar-refractivity contribution in [2.24, 2.45) is 0 Å². The number of hydrogen-bond acceptors (Lipinski definition) is 1. The first kappa shape index (κ1) is 8.75. The Morgan fingerprint density at radius 3 is 2.92 bits per heavy atom. The molecule has 2 aromatic rings. The number of nitrogens with one attached hydrogen (secondary N) is 1. The Balaban J connectivity index is 2.70. The van der Waals surface area contributed by atoms with Crippen molar-refractivity contribution < 1.29 is 0 Å². The third-order valence-corrected chi connectivity index (χ3v) is 3.00. The van der Waals surface area contributed by atoms with E-state index < -0.39 is 0 Å². The van der Waals surface area contributed by atoms with Gasteiger partial charge in [0.15, 0.2) is 0 Å². The fourth-order valence-electron chi connectivity index (χ4n) is 1.36. The van der Waals surface area contributed by atoms with Gasteiger partial charge in [0, 0.05) is 10.9 Å². The molecule has 0 spiro atoms. The monoisotopic (exact) mass is 238 g/mol. The predicted octanol–water partition coefficient (Wildman–Crippen LogP) is 3.20. The van der Waals surface area contributed by atoms with E-state index in [-0.39, 0.29) is 0 Å². The van der Waals surface area contributed by atoms with Crippen LogP contribution in [0.25, 0.3) is 11.0 Å². The second-order valence-electron chi connectivity index (χ2n) is 3.16. The molecule has 1 heterocycles. The third kappa shape index (κ3) is 1.48. The van der Waals surface area contributed by atoms with Gasteiger partial charge in [0.2, 0.25) is 0 Å². The summed E-state index contributed by atoms with van der Waals surface area (Å²) in [6.45, 7) is 4.18. The predicted molar refractivity (Wildman–Crippen MR) is 57.9 cm³/mol. The van der Waals surface area contributed by atoms with Gasteiger partial charge in [0.1, 0.15) is 5.82 Å². The molecule has 0 atom stereocenters. The maximum absolute atomic E-state index is 4.45. The number of rotatable bonds is 1. The van der Waals surface area contributed by atoms with Gasteiger partial charge in [0.05, 0.1) is 11.0 Å². The van der Waals surface area contributed by atoms with Gasteiger partial charge in [-0.1, -0.05) is 22.9 Å². The Morgan fingerprint density at radius 1 is 1.46 bits per heavy atom. The van der Waals surface area contributed by atoms with E-state index in [9.17, 15) is 0 Å². The van der Waals surface area contributed by atoms with E-state index in [4.69, 9.17) is 0 Å². The van der Waals surface area contributed by atoms with Crippen molar-refractivity contribution in [1.29, 1.82) is 0 Å². The van der Waals surface area contributed by atoms with E-state index in [1.54, 1.807) is 0 Å². The fourth-order valence-corrected chi connectivity index (χ4v) is 1.69. The zero-order chi connectivity index (χ0) is 9.42. The Labute approximate surface area is 85.5 Å². The number of fused-ring (bicyclic) bond motifs is 1. The van der Waals surface area contributed by atoms with Gasteiger partial charge in [-0.15, -0.1) is 0 Å². The van der Waals surface area contributed by atoms with Crippen molar-refractivity contribution in [2.75, 3.05) is 0 Å². The van der Waals surface area contributed by atoms with Crippen LogP contribution in [0.3, 0.4) is 0 Å². The molecule has 0 saturated heterocycles. The van der Waals surface area contributed by atoms with E-state index >= 15 is 0 Å². The lowest BCUT2D eigenvalue weighted by molar-refractivity contribution is 1.00. The maximum Gasteiger partial charge on any atom is 0.106 e. The summed E-state index contributed by atoms with van der Waals surface area (Å²) >= 11 is 3.49. The van der Waals surface area contributed by atoms with Crippen LogP contribution >= 0.6 is 15.9 Å². The molecule has 0 saturated carbocycles. The third-order valence-electron chi connectivity index (χ3n) is 2.15. The summed E-state index contributed by atoms with van der Waals surface area (Å²) in [6.07, 6.45) is 0.950. The average Bonchev–Trinajstić information content (AvgIpc) is 2.48. The molecule has 2 rings (SSSR count). The van der Waals surface area contributed by atoms with Crippen molar-refractivity contribution in [2.45, 2.75) is 20.3 Å². The molecule has 3 heteroatoms. The van der Waals surface area contributed by atoms with Crippen LogP contribution in [0.1, 0.15) is 18.3 Å². The Bertz CT molecular complexity index is 406. The molecule has 0 radical (unpaired) electrons. The first-order chi connectivity index (χ1) is 6.20. The normalized spacial score (nSPS) is 11.0. The molecule has 0 amide bonds. The standard InChI is InChI=1S/C10H11BrN2/c1-3-10-12-8-4-6(2)7(11)5-9(8)13-10/h4-5H,3H2,1-2H3,(H,12,13). The highest BCUT2D eigenvalue weighted by molar-refractivity contribution is 9.10. The highest BCUT2D eigenvalue weighted by Crippen LogP contribution is 2.22. The van der Waals surface area contributed by atoms with Crippen molar-refractivity contribution >= 4 is 27.0 Å². The summed E-state index contributed by atoms with van der Waals surface area (Å²) in [4.78, 5) is 7.73. The van der Waals surface area contributed by atoms with Crippen LogP contribution in [0.2, 0.25) is 0 Å². The smallest absolute Gasteiger partial charge is 0.106 e. The van der Waals surface area contributed by atoms with Crippen LogP contribution < -0.4 is 0 Å². The van der Waals surface area contributed by atoms with Crippen LogP contribution in [-0.4, -0.2) is 9.97 Å². The lowest BCUT2D eigenvalue weighted by atomic mass is 10.2. The van der Waals surface area contributed by atoms with Gasteiger partial charge in [-0.2, -0.15) is 0 Å². The van der Waals surface area contributed by atoms with E-state index in [0.717, 1.165) is 27.8 Å². The molecule has 0 fully saturated rings. The summed E-state index contributed by atoms with van der Waals surface area (Å²) in [7, 11) is 0. The van der Waals surface area contributed by atoms with E-state index in [2.05, 4.69) is 51.9 Å². The zero-order valence-corrected chi connectivity index (χ0v) is 9.27. The Hall–Kier alpha value is -0.830. The SMILES string of the molecule is CCc1nc2cc(Br)c(C)cc2[nH]1. The first-order valence-electron chi connectivity index (χ1n) is 4.35. The number of H-pyrrole nitrogens is 1. The van der Waals surface area contributed by atoms with Gasteiger partial charge in [0.25, 0.3) is 0 Å². The minimum atomic E-state index is 0.950. The summed E-state index contributed by atoms with van der Waals surface area (Å²) in [5, 5.41) is 0. The van der Waals surface area contributed by atoms with E-state index in [1.807, 2.05) is 0 Å². The molecule has 0 bridgehead atoms. The summed E-state index contributed by atoms with van der Waals surface area (Å²) in [5.41, 5.74) is 3.39. The average molecular weight is 239 g/mol. The van der Waals surface area contributed by atoms with Crippen LogP contribution in [-0.2, 0) is 6.42 Å². The van der Waals surface area contributed by atoms with Crippen molar-refractivity contribution in [3.8, 4) is 0 Å². The number of aromatic nitrogens is 2. The molecule has 2 nitrogen and oxygen atoms in total. The summed E-state index contributed by atoms with van der Waals surface area (Å²) in [6, 6.07) is 4.17. The number of aryl methyl sites for hydroxylation is 2. The minimum absolute atomic E-state index is 0.950. The molecule has 0 aliphatic heterocycles. The maximum atomic E-state index is 4.45. The highest BCUT2D eigenvalue weighted by atomic mass is 79.9. The lowest BCUT2D eigenvalue weighted by Crippen LogP contribution is -1.79. The second kappa shape index (κ2) is 3.14. The minimum Gasteiger partial charge on any atom is -0.342 e. The molecular weight excluding hydrogens is 228 g/mol. The van der Waals surface area contributed by atoms with Crippen LogP contribution in [0, 0.1) is 6.92 Å². The summed E-state index contributed by atoms with van der Waals surface area (Å²) in [5.74, 6) is 1.05. The number of nitrogens with zero attached hydrogens (tertiary/aromatic N) is 1. The number of benzene rings is 1. The van der Waals surface area contributed by atoms with Crippen molar-refractivity contribution in [1.82, 2.24) is 9.97 Å².